The molecule has 5 amide bonds. The molecule has 0 bridgehead atoms. The van der Waals surface area contributed by atoms with Crippen molar-refractivity contribution in [3.63, 3.8) is 0 Å². The second kappa shape index (κ2) is 7.56. The number of barbiturate groups is 1. The molecule has 2 heterocycles. The number of nitrogens with one attached hydrogen (secondary N) is 1. The van der Waals surface area contributed by atoms with Crippen LogP contribution in [-0.4, -0.2) is 35.3 Å². The Morgan fingerprint density at radius 2 is 1.93 bits per heavy atom. The first kappa shape index (κ1) is 17.9. The van der Waals surface area contributed by atoms with Crippen LogP contribution < -0.4 is 15.8 Å². The highest BCUT2D eigenvalue weighted by molar-refractivity contribution is 6.30. The SMILES string of the molecule is NC(=O)COc1ccc(/C=C2\C(=O)NC(=O)N(Cc3ccco3)C2=O)cc1. The van der Waals surface area contributed by atoms with E-state index in [0.29, 0.717) is 17.1 Å². The van der Waals surface area contributed by atoms with Crippen LogP contribution in [0.25, 0.3) is 6.08 Å². The molecular weight excluding hydrogens is 354 g/mol. The van der Waals surface area contributed by atoms with Crippen LogP contribution in [0.1, 0.15) is 11.3 Å². The van der Waals surface area contributed by atoms with E-state index in [1.54, 1.807) is 36.4 Å². The first-order valence-electron chi connectivity index (χ1n) is 7.86. The summed E-state index contributed by atoms with van der Waals surface area (Å²) in [6.07, 6.45) is 2.78. The van der Waals surface area contributed by atoms with Crippen LogP contribution in [0.3, 0.4) is 0 Å². The molecule has 138 valence electrons. The predicted octanol–water partition coefficient (Wildman–Crippen LogP) is 0.806. The van der Waals surface area contributed by atoms with Crippen molar-refractivity contribution in [1.29, 1.82) is 0 Å². The van der Waals surface area contributed by atoms with Crippen molar-refractivity contribution in [2.24, 2.45) is 5.73 Å². The highest BCUT2D eigenvalue weighted by Crippen LogP contribution is 2.19. The van der Waals surface area contributed by atoms with E-state index in [2.05, 4.69) is 5.32 Å². The molecule has 3 rings (SSSR count). The van der Waals surface area contributed by atoms with Crippen LogP contribution in [0.4, 0.5) is 4.79 Å². The number of nitrogens with zero attached hydrogens (tertiary/aromatic N) is 1. The summed E-state index contributed by atoms with van der Waals surface area (Å²) in [5, 5.41) is 2.13. The Bertz CT molecular complexity index is 915. The lowest BCUT2D eigenvalue weighted by molar-refractivity contribution is -0.130. The first-order valence-corrected chi connectivity index (χ1v) is 7.86. The molecule has 0 spiro atoms. The smallest absolute Gasteiger partial charge is 0.331 e. The monoisotopic (exact) mass is 369 g/mol. The van der Waals surface area contributed by atoms with Crippen molar-refractivity contribution in [1.82, 2.24) is 10.2 Å². The third kappa shape index (κ3) is 4.21. The van der Waals surface area contributed by atoms with Crippen LogP contribution in [-0.2, 0) is 20.9 Å². The van der Waals surface area contributed by atoms with Crippen molar-refractivity contribution in [2.75, 3.05) is 6.61 Å². The second-order valence-corrected chi connectivity index (χ2v) is 5.61. The fourth-order valence-corrected chi connectivity index (χ4v) is 2.38. The topological polar surface area (TPSA) is 132 Å². The summed E-state index contributed by atoms with van der Waals surface area (Å²) in [4.78, 5) is 48.2. The van der Waals surface area contributed by atoms with Gasteiger partial charge in [-0.1, -0.05) is 12.1 Å². The highest BCUT2D eigenvalue weighted by atomic mass is 16.5. The fraction of sp³-hybridized carbons (Fsp3) is 0.111. The first-order chi connectivity index (χ1) is 12.9. The lowest BCUT2D eigenvalue weighted by atomic mass is 10.1. The minimum Gasteiger partial charge on any atom is -0.484 e. The predicted molar refractivity (Wildman–Crippen MR) is 91.9 cm³/mol. The largest absolute Gasteiger partial charge is 0.484 e. The number of carbonyl (C=O) groups is 4. The standard InChI is InChI=1S/C18H15N3O6/c19-15(22)10-27-12-5-3-11(4-6-12)8-14-16(23)20-18(25)21(17(14)24)9-13-2-1-7-26-13/h1-8H,9-10H2,(H2,19,22)(H,20,23,25)/b14-8+. The van der Waals surface area contributed by atoms with Gasteiger partial charge in [-0.25, -0.2) is 4.79 Å². The van der Waals surface area contributed by atoms with E-state index < -0.39 is 23.8 Å². The number of primary amides is 1. The highest BCUT2D eigenvalue weighted by Gasteiger charge is 2.36. The van der Waals surface area contributed by atoms with Crippen molar-refractivity contribution < 1.29 is 28.3 Å². The zero-order chi connectivity index (χ0) is 19.4. The van der Waals surface area contributed by atoms with Gasteiger partial charge in [0.1, 0.15) is 17.1 Å². The number of rotatable bonds is 6. The van der Waals surface area contributed by atoms with E-state index in [9.17, 15) is 19.2 Å². The molecule has 1 aromatic heterocycles. The van der Waals surface area contributed by atoms with E-state index in [0.717, 1.165) is 4.90 Å². The van der Waals surface area contributed by atoms with Crippen molar-refractivity contribution in [3.05, 3.63) is 59.6 Å². The van der Waals surface area contributed by atoms with Gasteiger partial charge in [0.2, 0.25) is 0 Å². The summed E-state index contributed by atoms with van der Waals surface area (Å²) in [6.45, 7) is -0.354. The molecule has 1 aromatic carbocycles. The second-order valence-electron chi connectivity index (χ2n) is 5.61. The number of nitrogens with two attached hydrogens (primary N) is 1. The van der Waals surface area contributed by atoms with Crippen LogP contribution in [0, 0.1) is 0 Å². The molecule has 0 atom stereocenters. The molecule has 3 N–H and O–H groups in total. The zero-order valence-electron chi connectivity index (χ0n) is 14.0. The number of urea groups is 1. The summed E-state index contributed by atoms with van der Waals surface area (Å²) >= 11 is 0. The maximum atomic E-state index is 12.6. The van der Waals surface area contributed by atoms with Gasteiger partial charge in [0.25, 0.3) is 17.7 Å². The number of imide groups is 2. The lowest BCUT2D eigenvalue weighted by Gasteiger charge is -2.25. The van der Waals surface area contributed by atoms with Gasteiger partial charge in [-0.15, -0.1) is 0 Å². The normalized spacial score (nSPS) is 15.8. The van der Waals surface area contributed by atoms with Crippen LogP contribution >= 0.6 is 0 Å². The van der Waals surface area contributed by atoms with Gasteiger partial charge in [-0.05, 0) is 35.9 Å². The molecule has 2 aromatic rings. The number of furan rings is 1. The molecule has 1 saturated heterocycles. The molecule has 1 aliphatic rings. The number of hydrogen-bond acceptors (Lipinski definition) is 6. The van der Waals surface area contributed by atoms with Crippen molar-refractivity contribution in [2.45, 2.75) is 6.54 Å². The van der Waals surface area contributed by atoms with Crippen LogP contribution in [0.2, 0.25) is 0 Å². The van der Waals surface area contributed by atoms with Crippen molar-refractivity contribution in [3.8, 4) is 5.75 Å². The summed E-state index contributed by atoms with van der Waals surface area (Å²) in [5.74, 6) is -1.30. The Morgan fingerprint density at radius 3 is 2.56 bits per heavy atom. The average Bonchev–Trinajstić information content (AvgIpc) is 3.14. The molecule has 0 aliphatic carbocycles. The Hall–Kier alpha value is -3.88. The van der Waals surface area contributed by atoms with Gasteiger partial charge < -0.3 is 14.9 Å². The number of carbonyl (C=O) groups excluding carboxylic acids is 4. The van der Waals surface area contributed by atoms with Gasteiger partial charge in [-0.3, -0.25) is 24.6 Å². The molecule has 27 heavy (non-hydrogen) atoms. The van der Waals surface area contributed by atoms with E-state index in [1.165, 1.54) is 12.3 Å². The van der Waals surface area contributed by atoms with Gasteiger partial charge in [0.05, 0.1) is 12.8 Å². The van der Waals surface area contributed by atoms with Gasteiger partial charge in [0.15, 0.2) is 6.61 Å². The Labute approximate surface area is 153 Å². The quantitative estimate of drug-likeness (QED) is 0.572. The van der Waals surface area contributed by atoms with E-state index in [4.69, 9.17) is 14.9 Å². The number of ether oxygens (including phenoxy) is 1. The molecule has 9 nitrogen and oxygen atoms in total. The molecule has 9 heteroatoms. The molecule has 1 fully saturated rings. The Morgan fingerprint density at radius 1 is 1.19 bits per heavy atom. The van der Waals surface area contributed by atoms with Gasteiger partial charge in [0, 0.05) is 0 Å². The van der Waals surface area contributed by atoms with Gasteiger partial charge in [-0.2, -0.15) is 0 Å². The van der Waals surface area contributed by atoms with Crippen LogP contribution in [0.15, 0.2) is 52.7 Å². The average molecular weight is 369 g/mol. The molecule has 1 aliphatic heterocycles. The number of amides is 5. The van der Waals surface area contributed by atoms with E-state index in [-0.39, 0.29) is 18.7 Å². The third-order valence-corrected chi connectivity index (χ3v) is 3.65. The van der Waals surface area contributed by atoms with E-state index in [1.807, 2.05) is 0 Å². The maximum Gasteiger partial charge on any atom is 0.331 e. The summed E-state index contributed by atoms with van der Waals surface area (Å²) in [6, 6.07) is 8.75. The van der Waals surface area contributed by atoms with Crippen molar-refractivity contribution >= 4 is 29.8 Å². The summed E-state index contributed by atoms with van der Waals surface area (Å²) in [5.41, 5.74) is 5.35. The fourth-order valence-electron chi connectivity index (χ4n) is 2.38. The third-order valence-electron chi connectivity index (χ3n) is 3.65. The van der Waals surface area contributed by atoms with Crippen LogP contribution in [0.5, 0.6) is 5.75 Å². The lowest BCUT2D eigenvalue weighted by Crippen LogP contribution is -2.53. The minimum atomic E-state index is -0.811. The number of hydrogen-bond donors (Lipinski definition) is 2. The van der Waals surface area contributed by atoms with E-state index >= 15 is 0 Å². The maximum absolute atomic E-state index is 12.6. The Kier molecular flexibility index (Phi) is 5.02. The molecule has 0 radical (unpaired) electrons. The molecular formula is C18H15N3O6. The number of benzene rings is 1. The molecule has 0 unspecified atom stereocenters. The summed E-state index contributed by atoms with van der Waals surface area (Å²) in [7, 11) is 0. The molecule has 0 saturated carbocycles. The Balaban J connectivity index is 1.79. The van der Waals surface area contributed by atoms with Gasteiger partial charge >= 0.3 is 6.03 Å². The zero-order valence-corrected chi connectivity index (χ0v) is 14.0. The minimum absolute atomic E-state index is 0.0951. The summed E-state index contributed by atoms with van der Waals surface area (Å²) < 4.78 is 10.3.